The number of carbonyl (C=O) groups excluding carboxylic acids is 3. The Morgan fingerprint density at radius 2 is 1.87 bits per heavy atom. The van der Waals surface area contributed by atoms with E-state index in [1.807, 2.05) is 0 Å². The molecule has 6 nitrogen and oxygen atoms in total. The quantitative estimate of drug-likeness (QED) is 0.695. The fourth-order valence-corrected chi connectivity index (χ4v) is 2.11. The van der Waals surface area contributed by atoms with E-state index in [9.17, 15) is 18.8 Å². The highest BCUT2D eigenvalue weighted by molar-refractivity contribution is 5.88. The van der Waals surface area contributed by atoms with Gasteiger partial charge in [0.2, 0.25) is 11.8 Å². The van der Waals surface area contributed by atoms with Crippen molar-refractivity contribution in [2.75, 3.05) is 6.61 Å². The molecule has 1 aromatic carbocycles. The minimum Gasteiger partial charge on any atom is -0.466 e. The summed E-state index contributed by atoms with van der Waals surface area (Å²) in [4.78, 5) is 35.0. The normalized spacial score (nSPS) is 13.0. The molecule has 0 spiro atoms. The van der Waals surface area contributed by atoms with Gasteiger partial charge in [0.25, 0.3) is 0 Å². The number of nitrogens with one attached hydrogen (secondary N) is 1. The van der Waals surface area contributed by atoms with Crippen molar-refractivity contribution in [2.24, 2.45) is 11.7 Å². The van der Waals surface area contributed by atoms with Gasteiger partial charge in [0, 0.05) is 0 Å². The lowest BCUT2D eigenvalue weighted by molar-refractivity contribution is -0.144. The number of rotatable bonds is 8. The Hall–Kier alpha value is -2.44. The number of halogens is 1. The van der Waals surface area contributed by atoms with Crippen LogP contribution in [0.5, 0.6) is 0 Å². The summed E-state index contributed by atoms with van der Waals surface area (Å²) in [5, 5.41) is 2.51. The number of nitrogens with two attached hydrogens (primary N) is 1. The Labute approximate surface area is 134 Å². The van der Waals surface area contributed by atoms with Gasteiger partial charge in [0.05, 0.1) is 19.4 Å². The molecule has 7 heteroatoms. The Balaban J connectivity index is 2.64. The summed E-state index contributed by atoms with van der Waals surface area (Å²) in [6.07, 6.45) is -0.0472. The minimum absolute atomic E-state index is 0.0177. The van der Waals surface area contributed by atoms with Crippen LogP contribution in [0.3, 0.4) is 0 Å². The second-order valence-corrected chi connectivity index (χ2v) is 5.24. The van der Waals surface area contributed by atoms with Gasteiger partial charge in [-0.15, -0.1) is 0 Å². The zero-order valence-electron chi connectivity index (χ0n) is 13.2. The summed E-state index contributed by atoms with van der Waals surface area (Å²) in [5.41, 5.74) is 5.90. The molecule has 0 bridgehead atoms. The maximum Gasteiger partial charge on any atom is 0.306 e. The average Bonchev–Trinajstić information content (AvgIpc) is 2.47. The van der Waals surface area contributed by atoms with Gasteiger partial charge in [0.15, 0.2) is 0 Å². The van der Waals surface area contributed by atoms with Crippen LogP contribution in [0.15, 0.2) is 24.3 Å². The van der Waals surface area contributed by atoms with Crippen LogP contribution in [0.4, 0.5) is 4.39 Å². The highest BCUT2D eigenvalue weighted by atomic mass is 19.1. The van der Waals surface area contributed by atoms with Crippen LogP contribution in [-0.4, -0.2) is 30.4 Å². The summed E-state index contributed by atoms with van der Waals surface area (Å²) < 4.78 is 17.6. The first-order valence-electron chi connectivity index (χ1n) is 7.32. The molecule has 0 unspecified atom stereocenters. The fourth-order valence-electron chi connectivity index (χ4n) is 2.11. The fraction of sp³-hybridized carbons (Fsp3) is 0.438. The van der Waals surface area contributed by atoms with Crippen LogP contribution in [0.2, 0.25) is 0 Å². The van der Waals surface area contributed by atoms with Crippen molar-refractivity contribution < 1.29 is 23.5 Å². The molecule has 23 heavy (non-hydrogen) atoms. The maximum atomic E-state index is 12.8. The van der Waals surface area contributed by atoms with Gasteiger partial charge in [-0.05, 0) is 30.5 Å². The number of benzene rings is 1. The van der Waals surface area contributed by atoms with E-state index >= 15 is 0 Å². The maximum absolute atomic E-state index is 12.8. The number of esters is 1. The van der Waals surface area contributed by atoms with Crippen LogP contribution in [0.25, 0.3) is 0 Å². The van der Waals surface area contributed by atoms with E-state index < -0.39 is 35.6 Å². The lowest BCUT2D eigenvalue weighted by Gasteiger charge is -2.21. The first-order valence-corrected chi connectivity index (χ1v) is 7.32. The molecule has 0 aliphatic carbocycles. The van der Waals surface area contributed by atoms with Crippen LogP contribution >= 0.6 is 0 Å². The van der Waals surface area contributed by atoms with Crippen LogP contribution in [-0.2, 0) is 25.5 Å². The SMILES string of the molecule is CCOC(=O)C[C@@H](C)[C@H](NC(=O)Cc1ccc(F)cc1)C(N)=O. The summed E-state index contributed by atoms with van der Waals surface area (Å²) in [7, 11) is 0. The van der Waals surface area contributed by atoms with Gasteiger partial charge in [0.1, 0.15) is 11.9 Å². The van der Waals surface area contributed by atoms with E-state index in [0.717, 1.165) is 0 Å². The number of amides is 2. The zero-order chi connectivity index (χ0) is 17.4. The molecule has 0 aromatic heterocycles. The zero-order valence-corrected chi connectivity index (χ0v) is 13.2. The summed E-state index contributed by atoms with van der Waals surface area (Å²) in [6, 6.07) is 4.48. The largest absolute Gasteiger partial charge is 0.466 e. The molecule has 0 radical (unpaired) electrons. The van der Waals surface area contributed by atoms with Crippen molar-refractivity contribution in [1.29, 1.82) is 0 Å². The molecule has 0 aliphatic heterocycles. The summed E-state index contributed by atoms with van der Waals surface area (Å²) in [6.45, 7) is 3.55. The molecule has 0 heterocycles. The van der Waals surface area contributed by atoms with Crippen LogP contribution in [0.1, 0.15) is 25.8 Å². The Morgan fingerprint density at radius 1 is 1.26 bits per heavy atom. The number of ether oxygens (including phenoxy) is 1. The molecule has 126 valence electrons. The molecular formula is C16H21FN2O4. The number of carbonyl (C=O) groups is 3. The molecule has 2 atom stereocenters. The second-order valence-electron chi connectivity index (χ2n) is 5.24. The van der Waals surface area contributed by atoms with Gasteiger partial charge in [-0.25, -0.2) is 4.39 Å². The van der Waals surface area contributed by atoms with Crippen molar-refractivity contribution in [3.05, 3.63) is 35.6 Å². The summed E-state index contributed by atoms with van der Waals surface area (Å²) >= 11 is 0. The number of hydrogen-bond acceptors (Lipinski definition) is 4. The molecule has 2 amide bonds. The molecule has 0 saturated carbocycles. The standard InChI is InChI=1S/C16H21FN2O4/c1-3-23-14(21)8-10(2)15(16(18)22)19-13(20)9-11-4-6-12(17)7-5-11/h4-7,10,15H,3,8-9H2,1-2H3,(H2,18,22)(H,19,20)/t10-,15+/m1/s1. The van der Waals surface area contributed by atoms with Crippen molar-refractivity contribution in [1.82, 2.24) is 5.32 Å². The lowest BCUT2D eigenvalue weighted by atomic mass is 9.97. The molecule has 0 fully saturated rings. The molecule has 0 saturated heterocycles. The highest BCUT2D eigenvalue weighted by Crippen LogP contribution is 2.10. The lowest BCUT2D eigenvalue weighted by Crippen LogP contribution is -2.49. The molecular weight excluding hydrogens is 303 g/mol. The predicted molar refractivity (Wildman–Crippen MR) is 81.6 cm³/mol. The Bertz CT molecular complexity index is 560. The van der Waals surface area contributed by atoms with E-state index in [2.05, 4.69) is 5.32 Å². The van der Waals surface area contributed by atoms with Crippen molar-refractivity contribution >= 4 is 17.8 Å². The molecule has 0 aliphatic rings. The van der Waals surface area contributed by atoms with E-state index in [-0.39, 0.29) is 19.4 Å². The van der Waals surface area contributed by atoms with E-state index in [4.69, 9.17) is 10.5 Å². The first-order chi connectivity index (χ1) is 10.8. The first kappa shape index (κ1) is 18.6. The monoisotopic (exact) mass is 324 g/mol. The van der Waals surface area contributed by atoms with Gasteiger partial charge in [-0.2, -0.15) is 0 Å². The summed E-state index contributed by atoms with van der Waals surface area (Å²) in [5.74, 6) is -2.51. The van der Waals surface area contributed by atoms with Crippen molar-refractivity contribution in [3.63, 3.8) is 0 Å². The van der Waals surface area contributed by atoms with Gasteiger partial charge >= 0.3 is 5.97 Å². The minimum atomic E-state index is -0.979. The van der Waals surface area contributed by atoms with Crippen LogP contribution in [0, 0.1) is 11.7 Å². The van der Waals surface area contributed by atoms with Gasteiger partial charge in [-0.3, -0.25) is 14.4 Å². The molecule has 1 aromatic rings. The van der Waals surface area contributed by atoms with E-state index in [0.29, 0.717) is 5.56 Å². The van der Waals surface area contributed by atoms with Gasteiger partial charge < -0.3 is 15.8 Å². The smallest absolute Gasteiger partial charge is 0.306 e. The third-order valence-corrected chi connectivity index (χ3v) is 3.26. The van der Waals surface area contributed by atoms with E-state index in [1.54, 1.807) is 13.8 Å². The topological polar surface area (TPSA) is 98.5 Å². The average molecular weight is 324 g/mol. The highest BCUT2D eigenvalue weighted by Gasteiger charge is 2.27. The van der Waals surface area contributed by atoms with Crippen molar-refractivity contribution in [3.8, 4) is 0 Å². The van der Waals surface area contributed by atoms with Crippen LogP contribution < -0.4 is 11.1 Å². The predicted octanol–water partition coefficient (Wildman–Crippen LogP) is 0.928. The van der Waals surface area contributed by atoms with E-state index in [1.165, 1.54) is 24.3 Å². The molecule has 3 N–H and O–H groups in total. The molecule has 1 rings (SSSR count). The third-order valence-electron chi connectivity index (χ3n) is 3.26. The number of primary amides is 1. The third kappa shape index (κ3) is 6.46. The van der Waals surface area contributed by atoms with Crippen molar-refractivity contribution in [2.45, 2.75) is 32.7 Å². The number of hydrogen-bond donors (Lipinski definition) is 2. The van der Waals surface area contributed by atoms with Gasteiger partial charge in [-0.1, -0.05) is 19.1 Å². The Kier molecular flexibility index (Phi) is 7.18. The second kappa shape index (κ2) is 8.87. The Morgan fingerprint density at radius 3 is 2.39 bits per heavy atom.